The molecule has 1 rings (SSSR count). The highest BCUT2D eigenvalue weighted by atomic mass is 32.2. The van der Waals surface area contributed by atoms with E-state index in [-0.39, 0.29) is 17.7 Å². The molecule has 3 N–H and O–H groups in total. The maximum atomic E-state index is 12.2. The van der Waals surface area contributed by atoms with Crippen LogP contribution in [0, 0.1) is 5.92 Å². The van der Waals surface area contributed by atoms with Crippen molar-refractivity contribution in [2.45, 2.75) is 50.3 Å². The molecule has 0 aliphatic rings. The average Bonchev–Trinajstić information content (AvgIpc) is 2.47. The van der Waals surface area contributed by atoms with Gasteiger partial charge in [-0.15, -0.1) is 11.8 Å². The van der Waals surface area contributed by atoms with Crippen molar-refractivity contribution < 1.29 is 19.5 Å². The highest BCUT2D eigenvalue weighted by Crippen LogP contribution is 2.25. The molecule has 132 valence electrons. The lowest BCUT2D eigenvalue weighted by Gasteiger charge is -2.19. The molecule has 1 aromatic carbocycles. The summed E-state index contributed by atoms with van der Waals surface area (Å²) in [6.07, 6.45) is 0.393. The van der Waals surface area contributed by atoms with Gasteiger partial charge in [-0.1, -0.05) is 13.8 Å². The van der Waals surface area contributed by atoms with Crippen LogP contribution in [0.2, 0.25) is 0 Å². The van der Waals surface area contributed by atoms with Crippen molar-refractivity contribution in [3.05, 3.63) is 24.3 Å². The van der Waals surface area contributed by atoms with Crippen LogP contribution in [0.4, 0.5) is 5.69 Å². The quantitative estimate of drug-likeness (QED) is 0.625. The molecule has 0 aliphatic carbocycles. The number of carboxylic acid groups (broad SMARTS) is 1. The van der Waals surface area contributed by atoms with Gasteiger partial charge in [0.1, 0.15) is 6.04 Å². The summed E-state index contributed by atoms with van der Waals surface area (Å²) in [5.74, 6) is -1.29. The van der Waals surface area contributed by atoms with Crippen LogP contribution in [0.25, 0.3) is 0 Å². The van der Waals surface area contributed by atoms with Crippen LogP contribution in [-0.2, 0) is 14.4 Å². The first kappa shape index (κ1) is 20.0. The van der Waals surface area contributed by atoms with Crippen LogP contribution >= 0.6 is 11.8 Å². The molecule has 0 spiro atoms. The third-order valence-electron chi connectivity index (χ3n) is 3.18. The summed E-state index contributed by atoms with van der Waals surface area (Å²) in [4.78, 5) is 35.3. The Balaban J connectivity index is 2.62. The number of hydrogen-bond acceptors (Lipinski definition) is 4. The van der Waals surface area contributed by atoms with Crippen molar-refractivity contribution in [3.8, 4) is 0 Å². The first-order valence-electron chi connectivity index (χ1n) is 7.76. The zero-order valence-electron chi connectivity index (χ0n) is 14.3. The Bertz CT molecular complexity index is 587. The molecule has 2 atom stereocenters. The van der Waals surface area contributed by atoms with Gasteiger partial charge < -0.3 is 15.7 Å². The van der Waals surface area contributed by atoms with E-state index in [1.807, 2.05) is 26.0 Å². The second-order valence-electron chi connectivity index (χ2n) is 5.99. The molecule has 6 nitrogen and oxygen atoms in total. The molecule has 0 bridgehead atoms. The second kappa shape index (κ2) is 9.32. The summed E-state index contributed by atoms with van der Waals surface area (Å²) in [5.41, 5.74) is 0.687. The van der Waals surface area contributed by atoms with E-state index in [9.17, 15) is 19.5 Å². The Kier molecular flexibility index (Phi) is 7.78. The number of carbonyl (C=O) groups is 3. The summed E-state index contributed by atoms with van der Waals surface area (Å²) in [6, 6.07) is 6.26. The number of carboxylic acids is 1. The monoisotopic (exact) mass is 352 g/mol. The third kappa shape index (κ3) is 7.04. The van der Waals surface area contributed by atoms with Gasteiger partial charge in [0, 0.05) is 17.5 Å². The summed E-state index contributed by atoms with van der Waals surface area (Å²) in [6.45, 7) is 6.99. The van der Waals surface area contributed by atoms with Crippen LogP contribution in [0.3, 0.4) is 0 Å². The number of hydrogen-bond donors (Lipinski definition) is 3. The van der Waals surface area contributed by atoms with Crippen LogP contribution in [0.15, 0.2) is 29.2 Å². The lowest BCUT2D eigenvalue weighted by atomic mass is 10.0. The maximum absolute atomic E-state index is 12.2. The molecule has 0 fully saturated rings. The number of anilines is 1. The Morgan fingerprint density at radius 1 is 1.12 bits per heavy atom. The van der Waals surface area contributed by atoms with Gasteiger partial charge in [-0.05, 0) is 43.5 Å². The molecule has 24 heavy (non-hydrogen) atoms. The van der Waals surface area contributed by atoms with Crippen LogP contribution < -0.4 is 10.6 Å². The second-order valence-corrected chi connectivity index (χ2v) is 7.41. The lowest BCUT2D eigenvalue weighted by Crippen LogP contribution is -2.44. The zero-order valence-corrected chi connectivity index (χ0v) is 15.1. The van der Waals surface area contributed by atoms with E-state index in [1.54, 1.807) is 19.1 Å². The van der Waals surface area contributed by atoms with Crippen LogP contribution in [0.1, 0.15) is 34.1 Å². The van der Waals surface area contributed by atoms with Gasteiger partial charge in [0.15, 0.2) is 0 Å². The maximum Gasteiger partial charge on any atom is 0.326 e. The van der Waals surface area contributed by atoms with E-state index in [0.29, 0.717) is 12.1 Å². The minimum Gasteiger partial charge on any atom is -0.480 e. The van der Waals surface area contributed by atoms with E-state index in [0.717, 1.165) is 4.90 Å². The number of aliphatic carboxylic acids is 1. The largest absolute Gasteiger partial charge is 0.480 e. The number of thioether (sulfide) groups is 1. The smallest absolute Gasteiger partial charge is 0.326 e. The molecule has 0 saturated carbocycles. The van der Waals surface area contributed by atoms with Gasteiger partial charge in [0.05, 0.1) is 5.25 Å². The van der Waals surface area contributed by atoms with Gasteiger partial charge >= 0.3 is 5.97 Å². The molecule has 2 unspecified atom stereocenters. The molecule has 1 aromatic rings. The Labute approximate surface area is 146 Å². The van der Waals surface area contributed by atoms with Crippen molar-refractivity contribution in [1.29, 1.82) is 0 Å². The SMILES string of the molecule is CC(=O)Nc1ccc(SC(C)C(=O)NC(CC(C)C)C(=O)O)cc1. The van der Waals surface area contributed by atoms with Crippen molar-refractivity contribution in [2.75, 3.05) is 5.32 Å². The molecule has 0 heterocycles. The number of rotatable bonds is 8. The van der Waals surface area contributed by atoms with Crippen molar-refractivity contribution in [1.82, 2.24) is 5.32 Å². The van der Waals surface area contributed by atoms with E-state index in [4.69, 9.17) is 0 Å². The van der Waals surface area contributed by atoms with Gasteiger partial charge in [-0.3, -0.25) is 9.59 Å². The molecule has 0 saturated heterocycles. The third-order valence-corrected chi connectivity index (χ3v) is 4.29. The van der Waals surface area contributed by atoms with E-state index in [2.05, 4.69) is 10.6 Å². The first-order valence-corrected chi connectivity index (χ1v) is 8.64. The minimum absolute atomic E-state index is 0.145. The fourth-order valence-corrected chi connectivity index (χ4v) is 2.94. The Hall–Kier alpha value is -2.02. The van der Waals surface area contributed by atoms with Crippen molar-refractivity contribution >= 4 is 35.2 Å². The van der Waals surface area contributed by atoms with Crippen LogP contribution in [0.5, 0.6) is 0 Å². The highest BCUT2D eigenvalue weighted by Gasteiger charge is 2.24. The molecule has 2 amide bonds. The normalized spacial score (nSPS) is 13.2. The fourth-order valence-electron chi connectivity index (χ4n) is 2.06. The fraction of sp³-hybridized carbons (Fsp3) is 0.471. The van der Waals surface area contributed by atoms with Crippen molar-refractivity contribution in [2.24, 2.45) is 5.92 Å². The summed E-state index contributed by atoms with van der Waals surface area (Å²) >= 11 is 1.33. The minimum atomic E-state index is -1.02. The standard InChI is InChI=1S/C17H24N2O4S/c1-10(2)9-15(17(22)23)19-16(21)11(3)24-14-7-5-13(6-8-14)18-12(4)20/h5-8,10-11,15H,9H2,1-4H3,(H,18,20)(H,19,21)(H,22,23). The predicted molar refractivity (Wildman–Crippen MR) is 95.1 cm³/mol. The predicted octanol–water partition coefficient (Wildman–Crippen LogP) is 2.74. The molecular weight excluding hydrogens is 328 g/mol. The van der Waals surface area contributed by atoms with Crippen LogP contribution in [-0.4, -0.2) is 34.2 Å². The van der Waals surface area contributed by atoms with Gasteiger partial charge in [0.25, 0.3) is 0 Å². The molecule has 0 aromatic heterocycles. The number of benzene rings is 1. The first-order chi connectivity index (χ1) is 11.2. The highest BCUT2D eigenvalue weighted by molar-refractivity contribution is 8.00. The summed E-state index contributed by atoms with van der Waals surface area (Å²) < 4.78 is 0. The van der Waals surface area contributed by atoms with Gasteiger partial charge in [0.2, 0.25) is 11.8 Å². The summed E-state index contributed by atoms with van der Waals surface area (Å²) in [5, 5.41) is 14.0. The molecular formula is C17H24N2O4S. The van der Waals surface area contributed by atoms with Gasteiger partial charge in [-0.25, -0.2) is 4.79 Å². The van der Waals surface area contributed by atoms with E-state index >= 15 is 0 Å². The number of amides is 2. The number of carbonyl (C=O) groups excluding carboxylic acids is 2. The Morgan fingerprint density at radius 2 is 1.71 bits per heavy atom. The van der Waals surface area contributed by atoms with E-state index in [1.165, 1.54) is 18.7 Å². The lowest BCUT2D eigenvalue weighted by molar-refractivity contribution is -0.142. The molecule has 0 radical (unpaired) electrons. The number of nitrogens with one attached hydrogen (secondary N) is 2. The Morgan fingerprint density at radius 3 is 2.17 bits per heavy atom. The topological polar surface area (TPSA) is 95.5 Å². The average molecular weight is 352 g/mol. The van der Waals surface area contributed by atoms with Crippen molar-refractivity contribution in [3.63, 3.8) is 0 Å². The van der Waals surface area contributed by atoms with E-state index < -0.39 is 17.3 Å². The van der Waals surface area contributed by atoms with Gasteiger partial charge in [-0.2, -0.15) is 0 Å². The molecule has 7 heteroatoms. The molecule has 0 aliphatic heterocycles. The summed E-state index contributed by atoms with van der Waals surface area (Å²) in [7, 11) is 0. The zero-order chi connectivity index (χ0) is 18.3.